The Hall–Kier alpha value is -1.69. The third kappa shape index (κ3) is 2.76. The fraction of sp³-hybridized carbons (Fsp3) is 0.583. The van der Waals surface area contributed by atoms with Gasteiger partial charge in [-0.05, 0) is 13.5 Å². The zero-order valence-electron chi connectivity index (χ0n) is 11.1. The second kappa shape index (κ2) is 5.77. The molecule has 0 saturated heterocycles. The summed E-state index contributed by atoms with van der Waals surface area (Å²) in [6, 6.07) is 0.379. The van der Waals surface area contributed by atoms with Crippen LogP contribution in [0.5, 0.6) is 0 Å². The van der Waals surface area contributed by atoms with Crippen LogP contribution in [-0.2, 0) is 13.5 Å². The lowest BCUT2D eigenvalue weighted by Gasteiger charge is -2.11. The molecule has 0 radical (unpaired) electrons. The number of aryl methyl sites for hydroxylation is 1. The monoisotopic (exact) mass is 249 g/mol. The van der Waals surface area contributed by atoms with Gasteiger partial charge in [0.15, 0.2) is 5.82 Å². The Balaban J connectivity index is 2.09. The Morgan fingerprint density at radius 2 is 2.33 bits per heavy atom. The lowest BCUT2D eigenvalue weighted by molar-refractivity contribution is 0.356. The summed E-state index contributed by atoms with van der Waals surface area (Å²) < 4.78 is 7.14. The van der Waals surface area contributed by atoms with Crippen molar-refractivity contribution in [1.29, 1.82) is 0 Å². The van der Waals surface area contributed by atoms with E-state index in [0.29, 0.717) is 17.8 Å². The maximum absolute atomic E-state index is 5.27. The third-order valence-corrected chi connectivity index (χ3v) is 2.96. The van der Waals surface area contributed by atoms with Crippen molar-refractivity contribution in [3.8, 4) is 11.6 Å². The van der Waals surface area contributed by atoms with Crippen molar-refractivity contribution >= 4 is 0 Å². The van der Waals surface area contributed by atoms with Gasteiger partial charge >= 0.3 is 0 Å². The zero-order valence-corrected chi connectivity index (χ0v) is 11.1. The fourth-order valence-corrected chi connectivity index (χ4v) is 1.92. The van der Waals surface area contributed by atoms with Gasteiger partial charge in [-0.25, -0.2) is 4.98 Å². The van der Waals surface area contributed by atoms with Gasteiger partial charge in [0.2, 0.25) is 11.7 Å². The van der Waals surface area contributed by atoms with Crippen LogP contribution in [0.1, 0.15) is 25.7 Å². The van der Waals surface area contributed by atoms with Crippen LogP contribution in [0.25, 0.3) is 11.6 Å². The first kappa shape index (κ1) is 12.8. The second-order valence-corrected chi connectivity index (χ2v) is 4.35. The highest BCUT2D eigenvalue weighted by Crippen LogP contribution is 2.13. The molecule has 0 aliphatic carbocycles. The number of imidazole rings is 1. The molecular weight excluding hydrogens is 230 g/mol. The van der Waals surface area contributed by atoms with E-state index in [4.69, 9.17) is 4.52 Å². The highest BCUT2D eigenvalue weighted by Gasteiger charge is 2.15. The van der Waals surface area contributed by atoms with Gasteiger partial charge in [0, 0.05) is 31.9 Å². The standard InChI is InChI=1S/C12H19N5O/c1-4-5-9(13-2)8-10-15-11(16-18-10)12-14-6-7-17(12)3/h6-7,9,13H,4-5,8H2,1-3H3. The van der Waals surface area contributed by atoms with Crippen LogP contribution >= 0.6 is 0 Å². The van der Waals surface area contributed by atoms with Crippen molar-refractivity contribution in [3.63, 3.8) is 0 Å². The Labute approximate surface area is 106 Å². The number of likely N-dealkylation sites (N-methyl/N-ethyl adjacent to an activating group) is 1. The van der Waals surface area contributed by atoms with Crippen molar-refractivity contribution in [2.45, 2.75) is 32.2 Å². The molecule has 0 bridgehead atoms. The molecule has 1 unspecified atom stereocenters. The number of nitrogens with zero attached hydrogens (tertiary/aromatic N) is 4. The second-order valence-electron chi connectivity index (χ2n) is 4.35. The minimum Gasteiger partial charge on any atom is -0.339 e. The fourth-order valence-electron chi connectivity index (χ4n) is 1.92. The predicted octanol–water partition coefficient (Wildman–Crippen LogP) is 1.40. The minimum atomic E-state index is 0.379. The summed E-state index contributed by atoms with van der Waals surface area (Å²) in [5, 5.41) is 7.23. The van der Waals surface area contributed by atoms with E-state index in [-0.39, 0.29) is 0 Å². The Kier molecular flexibility index (Phi) is 4.09. The number of hydrogen-bond donors (Lipinski definition) is 1. The molecule has 2 heterocycles. The summed E-state index contributed by atoms with van der Waals surface area (Å²) in [6.07, 6.45) is 6.56. The van der Waals surface area contributed by atoms with E-state index in [2.05, 4.69) is 27.4 Å². The summed E-state index contributed by atoms with van der Waals surface area (Å²) in [5.74, 6) is 1.92. The average Bonchev–Trinajstić information content (AvgIpc) is 2.97. The number of rotatable bonds is 6. The molecule has 0 aliphatic rings. The summed E-state index contributed by atoms with van der Waals surface area (Å²) in [4.78, 5) is 8.58. The molecule has 1 atom stereocenters. The van der Waals surface area contributed by atoms with Gasteiger partial charge < -0.3 is 14.4 Å². The van der Waals surface area contributed by atoms with Gasteiger partial charge in [-0.3, -0.25) is 0 Å². The largest absolute Gasteiger partial charge is 0.339 e. The van der Waals surface area contributed by atoms with Gasteiger partial charge in [0.1, 0.15) is 0 Å². The van der Waals surface area contributed by atoms with Crippen molar-refractivity contribution < 1.29 is 4.52 Å². The summed E-state index contributed by atoms with van der Waals surface area (Å²) in [6.45, 7) is 2.16. The number of aromatic nitrogens is 4. The normalized spacial score (nSPS) is 12.8. The molecule has 0 aromatic carbocycles. The van der Waals surface area contributed by atoms with E-state index in [1.54, 1.807) is 6.20 Å². The molecule has 1 N–H and O–H groups in total. The minimum absolute atomic E-state index is 0.379. The Morgan fingerprint density at radius 1 is 1.50 bits per heavy atom. The van der Waals surface area contributed by atoms with Crippen LogP contribution < -0.4 is 5.32 Å². The molecule has 0 amide bonds. The van der Waals surface area contributed by atoms with E-state index in [9.17, 15) is 0 Å². The smallest absolute Gasteiger partial charge is 0.238 e. The van der Waals surface area contributed by atoms with E-state index in [1.807, 2.05) is 24.9 Å². The third-order valence-electron chi connectivity index (χ3n) is 2.96. The number of hydrogen-bond acceptors (Lipinski definition) is 5. The molecule has 6 heteroatoms. The first-order valence-electron chi connectivity index (χ1n) is 6.22. The van der Waals surface area contributed by atoms with Gasteiger partial charge in [0.25, 0.3) is 0 Å². The molecule has 98 valence electrons. The van der Waals surface area contributed by atoms with E-state index in [1.165, 1.54) is 0 Å². The van der Waals surface area contributed by atoms with Gasteiger partial charge in [-0.2, -0.15) is 4.98 Å². The molecule has 0 saturated carbocycles. The van der Waals surface area contributed by atoms with Crippen LogP contribution in [0.15, 0.2) is 16.9 Å². The predicted molar refractivity (Wildman–Crippen MR) is 68.0 cm³/mol. The molecule has 18 heavy (non-hydrogen) atoms. The van der Waals surface area contributed by atoms with Gasteiger partial charge in [-0.1, -0.05) is 18.5 Å². The molecule has 2 aromatic rings. The number of nitrogens with one attached hydrogen (secondary N) is 1. The van der Waals surface area contributed by atoms with Crippen molar-refractivity contribution in [1.82, 2.24) is 25.0 Å². The molecule has 2 rings (SSSR count). The van der Waals surface area contributed by atoms with Crippen LogP contribution in [0.4, 0.5) is 0 Å². The molecule has 0 fully saturated rings. The highest BCUT2D eigenvalue weighted by atomic mass is 16.5. The molecule has 6 nitrogen and oxygen atoms in total. The summed E-state index contributed by atoms with van der Waals surface area (Å²) in [5.41, 5.74) is 0. The van der Waals surface area contributed by atoms with E-state index < -0.39 is 0 Å². The Morgan fingerprint density at radius 3 is 2.94 bits per heavy atom. The zero-order chi connectivity index (χ0) is 13.0. The van der Waals surface area contributed by atoms with Crippen LogP contribution in [0.3, 0.4) is 0 Å². The van der Waals surface area contributed by atoms with Crippen LogP contribution in [0.2, 0.25) is 0 Å². The maximum Gasteiger partial charge on any atom is 0.238 e. The van der Waals surface area contributed by atoms with Crippen molar-refractivity contribution in [2.24, 2.45) is 7.05 Å². The summed E-state index contributed by atoms with van der Waals surface area (Å²) >= 11 is 0. The van der Waals surface area contributed by atoms with Gasteiger partial charge in [-0.15, -0.1) is 0 Å². The topological polar surface area (TPSA) is 68.8 Å². The summed E-state index contributed by atoms with van der Waals surface area (Å²) in [7, 11) is 3.86. The molecular formula is C12H19N5O. The van der Waals surface area contributed by atoms with Crippen molar-refractivity contribution in [3.05, 3.63) is 18.3 Å². The van der Waals surface area contributed by atoms with Crippen LogP contribution in [-0.4, -0.2) is 32.8 Å². The molecule has 2 aromatic heterocycles. The highest BCUT2D eigenvalue weighted by molar-refractivity contribution is 5.42. The van der Waals surface area contributed by atoms with Crippen LogP contribution in [0, 0.1) is 0 Å². The SMILES string of the molecule is CCCC(Cc1nc(-c2nccn2C)no1)NC. The molecule has 0 spiro atoms. The van der Waals surface area contributed by atoms with E-state index in [0.717, 1.165) is 25.1 Å². The maximum atomic E-state index is 5.27. The first-order chi connectivity index (χ1) is 8.74. The first-order valence-corrected chi connectivity index (χ1v) is 6.22. The van der Waals surface area contributed by atoms with E-state index >= 15 is 0 Å². The van der Waals surface area contributed by atoms with Crippen molar-refractivity contribution in [2.75, 3.05) is 7.05 Å². The van der Waals surface area contributed by atoms with Gasteiger partial charge in [0.05, 0.1) is 0 Å². The lowest BCUT2D eigenvalue weighted by atomic mass is 10.1. The quantitative estimate of drug-likeness (QED) is 0.838. The average molecular weight is 249 g/mol. The Bertz CT molecular complexity index is 490. The lowest BCUT2D eigenvalue weighted by Crippen LogP contribution is -2.27. The molecule has 0 aliphatic heterocycles.